The van der Waals surface area contributed by atoms with E-state index in [2.05, 4.69) is 31.2 Å². The van der Waals surface area contributed by atoms with Gasteiger partial charge in [-0.3, -0.25) is 9.78 Å². The molecule has 2 aromatic heterocycles. The second kappa shape index (κ2) is 10.1. The van der Waals surface area contributed by atoms with Gasteiger partial charge in [-0.25, -0.2) is 14.8 Å². The maximum Gasteiger partial charge on any atom is 0.408 e. The normalized spacial score (nSPS) is 12.7. The number of alkyl carbamates (subject to hydrolysis) is 1. The Balaban J connectivity index is 1.35. The third-order valence-corrected chi connectivity index (χ3v) is 5.50. The highest BCUT2D eigenvalue weighted by molar-refractivity contribution is 5.82. The van der Waals surface area contributed by atoms with Crippen molar-refractivity contribution in [1.82, 2.24) is 25.2 Å². The molecule has 0 unspecified atom stereocenters. The molecule has 3 aromatic rings. The molecule has 0 saturated carbocycles. The van der Waals surface area contributed by atoms with Crippen molar-refractivity contribution in [1.29, 1.82) is 0 Å². The Morgan fingerprint density at radius 1 is 1.06 bits per heavy atom. The molecule has 9 nitrogen and oxygen atoms in total. The van der Waals surface area contributed by atoms with E-state index in [0.717, 1.165) is 28.9 Å². The van der Waals surface area contributed by atoms with Crippen LogP contribution in [0, 0.1) is 0 Å². The van der Waals surface area contributed by atoms with Crippen LogP contribution in [-0.2, 0) is 29.2 Å². The van der Waals surface area contributed by atoms with Crippen molar-refractivity contribution >= 4 is 17.9 Å². The Morgan fingerprint density at radius 2 is 1.83 bits per heavy atom. The first-order valence-electron chi connectivity index (χ1n) is 11.5. The number of fused-ring (bicyclic) bond motifs is 1. The minimum atomic E-state index is -0.613. The smallest absolute Gasteiger partial charge is 0.408 e. The summed E-state index contributed by atoms with van der Waals surface area (Å²) in [6.07, 6.45) is 4.83. The largest absolute Gasteiger partial charge is 0.444 e. The van der Waals surface area contributed by atoms with Gasteiger partial charge < -0.3 is 19.9 Å². The molecule has 3 heterocycles. The van der Waals surface area contributed by atoms with Crippen LogP contribution in [0.3, 0.4) is 0 Å². The summed E-state index contributed by atoms with van der Waals surface area (Å²) in [5, 5.41) is 2.50. The SMILES string of the molecule is CN(Cc1cccc(-c2cnc(N3Cc4cccnc4C3)nc2)c1)C(=O)CNC(=O)OC(C)(C)C. The lowest BCUT2D eigenvalue weighted by Crippen LogP contribution is -2.40. The van der Waals surface area contributed by atoms with Crippen LogP contribution in [-0.4, -0.2) is 51.0 Å². The number of carbonyl (C=O) groups excluding carboxylic acids is 2. The fourth-order valence-electron chi connectivity index (χ4n) is 3.78. The maximum absolute atomic E-state index is 12.4. The second-order valence-electron chi connectivity index (χ2n) is 9.54. The van der Waals surface area contributed by atoms with Crippen molar-refractivity contribution < 1.29 is 14.3 Å². The van der Waals surface area contributed by atoms with Gasteiger partial charge in [0.1, 0.15) is 12.1 Å². The van der Waals surface area contributed by atoms with Crippen molar-refractivity contribution in [3.63, 3.8) is 0 Å². The Bertz CT molecular complexity index is 1180. The van der Waals surface area contributed by atoms with E-state index in [0.29, 0.717) is 19.0 Å². The highest BCUT2D eigenvalue weighted by atomic mass is 16.6. The van der Waals surface area contributed by atoms with E-state index in [1.807, 2.05) is 48.9 Å². The second-order valence-corrected chi connectivity index (χ2v) is 9.54. The van der Waals surface area contributed by atoms with Crippen LogP contribution < -0.4 is 10.2 Å². The topological polar surface area (TPSA) is 101 Å². The average Bonchev–Trinajstić information content (AvgIpc) is 3.26. The molecule has 0 fully saturated rings. The number of anilines is 1. The van der Waals surface area contributed by atoms with Crippen LogP contribution in [0.25, 0.3) is 11.1 Å². The van der Waals surface area contributed by atoms with Crippen molar-refractivity contribution in [3.8, 4) is 11.1 Å². The third-order valence-electron chi connectivity index (χ3n) is 5.50. The lowest BCUT2D eigenvalue weighted by molar-refractivity contribution is -0.129. The van der Waals surface area contributed by atoms with Crippen LogP contribution in [0.2, 0.25) is 0 Å². The lowest BCUT2D eigenvalue weighted by atomic mass is 10.1. The van der Waals surface area contributed by atoms with Crippen molar-refractivity contribution in [2.75, 3.05) is 18.5 Å². The Labute approximate surface area is 205 Å². The molecule has 0 radical (unpaired) electrons. The van der Waals surface area contributed by atoms with Gasteiger partial charge in [-0.1, -0.05) is 24.3 Å². The minimum absolute atomic E-state index is 0.129. The average molecular weight is 475 g/mol. The molecule has 0 saturated heterocycles. The van der Waals surface area contributed by atoms with E-state index in [1.165, 1.54) is 5.56 Å². The molecule has 1 aliphatic rings. The maximum atomic E-state index is 12.4. The molecule has 1 aliphatic heterocycles. The minimum Gasteiger partial charge on any atom is -0.444 e. The Hall–Kier alpha value is -4.01. The van der Waals surface area contributed by atoms with E-state index >= 15 is 0 Å². The highest BCUT2D eigenvalue weighted by Gasteiger charge is 2.22. The molecule has 2 amide bonds. The molecule has 0 aliphatic carbocycles. The third kappa shape index (κ3) is 6.32. The highest BCUT2D eigenvalue weighted by Crippen LogP contribution is 2.26. The summed E-state index contributed by atoms with van der Waals surface area (Å²) in [4.78, 5) is 41.5. The zero-order valence-corrected chi connectivity index (χ0v) is 20.5. The molecule has 0 spiro atoms. The Kier molecular flexibility index (Phi) is 6.95. The summed E-state index contributed by atoms with van der Waals surface area (Å²) in [6, 6.07) is 11.9. The number of nitrogens with one attached hydrogen (secondary N) is 1. The molecule has 182 valence electrons. The fourth-order valence-corrected chi connectivity index (χ4v) is 3.78. The number of likely N-dealkylation sites (N-methyl/N-ethyl adjacent to an activating group) is 1. The van der Waals surface area contributed by atoms with Crippen LogP contribution in [0.1, 0.15) is 37.6 Å². The Morgan fingerprint density at radius 3 is 2.54 bits per heavy atom. The summed E-state index contributed by atoms with van der Waals surface area (Å²) in [6.45, 7) is 7.05. The van der Waals surface area contributed by atoms with E-state index in [4.69, 9.17) is 4.74 Å². The monoisotopic (exact) mass is 474 g/mol. The van der Waals surface area contributed by atoms with Crippen LogP contribution in [0.15, 0.2) is 55.0 Å². The summed E-state index contributed by atoms with van der Waals surface area (Å²) < 4.78 is 5.17. The van der Waals surface area contributed by atoms with Gasteiger partial charge in [0.05, 0.1) is 12.2 Å². The molecule has 0 atom stereocenters. The molecule has 0 bridgehead atoms. The quantitative estimate of drug-likeness (QED) is 0.583. The van der Waals surface area contributed by atoms with Gasteiger partial charge in [-0.05, 0) is 49.6 Å². The predicted octanol–water partition coefficient (Wildman–Crippen LogP) is 3.54. The van der Waals surface area contributed by atoms with Crippen LogP contribution in [0.4, 0.5) is 10.7 Å². The van der Waals surface area contributed by atoms with Gasteiger partial charge in [0, 0.05) is 44.3 Å². The standard InChI is InChI=1S/C26H30N6O3/c1-26(2,3)35-25(34)30-14-23(33)31(4)15-18-7-5-8-19(11-18)21-12-28-24(29-13-21)32-16-20-9-6-10-27-22(20)17-32/h5-13H,14-17H2,1-4H3,(H,30,34). The van der Waals surface area contributed by atoms with Gasteiger partial charge >= 0.3 is 6.09 Å². The number of nitrogens with zero attached hydrogens (tertiary/aromatic N) is 5. The van der Waals surface area contributed by atoms with E-state index in [9.17, 15) is 9.59 Å². The summed E-state index contributed by atoms with van der Waals surface area (Å²) in [5.41, 5.74) is 4.47. The van der Waals surface area contributed by atoms with Crippen LogP contribution >= 0.6 is 0 Å². The lowest BCUT2D eigenvalue weighted by Gasteiger charge is -2.21. The van der Waals surface area contributed by atoms with Gasteiger partial charge in [0.15, 0.2) is 0 Å². The molecule has 1 N–H and O–H groups in total. The molecule has 35 heavy (non-hydrogen) atoms. The summed E-state index contributed by atoms with van der Waals surface area (Å²) in [5.74, 6) is 0.459. The van der Waals surface area contributed by atoms with Crippen molar-refractivity contribution in [2.45, 2.75) is 46.0 Å². The number of ether oxygens (including phenoxy) is 1. The molecule has 4 rings (SSSR count). The number of rotatable bonds is 6. The number of carbonyl (C=O) groups is 2. The fraction of sp³-hybridized carbons (Fsp3) is 0.346. The number of amides is 2. The number of aromatic nitrogens is 3. The van der Waals surface area contributed by atoms with Crippen molar-refractivity contribution in [3.05, 3.63) is 71.8 Å². The zero-order valence-electron chi connectivity index (χ0n) is 20.5. The molecule has 1 aromatic carbocycles. The number of benzene rings is 1. The zero-order chi connectivity index (χ0) is 25.0. The van der Waals surface area contributed by atoms with Crippen molar-refractivity contribution in [2.24, 2.45) is 0 Å². The van der Waals surface area contributed by atoms with Gasteiger partial charge in [-0.2, -0.15) is 0 Å². The number of hydrogen-bond acceptors (Lipinski definition) is 7. The van der Waals surface area contributed by atoms with Gasteiger partial charge in [0.2, 0.25) is 11.9 Å². The number of pyridine rings is 1. The van der Waals surface area contributed by atoms with E-state index in [-0.39, 0.29) is 12.5 Å². The number of hydrogen-bond donors (Lipinski definition) is 1. The first-order chi connectivity index (χ1) is 16.7. The first kappa shape index (κ1) is 24.1. The summed E-state index contributed by atoms with van der Waals surface area (Å²) in [7, 11) is 1.70. The van der Waals surface area contributed by atoms with Gasteiger partial charge in [-0.15, -0.1) is 0 Å². The van der Waals surface area contributed by atoms with E-state index < -0.39 is 11.7 Å². The molecular formula is C26H30N6O3. The predicted molar refractivity (Wildman–Crippen MR) is 132 cm³/mol. The van der Waals surface area contributed by atoms with Crippen LogP contribution in [0.5, 0.6) is 0 Å². The van der Waals surface area contributed by atoms with Gasteiger partial charge in [0.25, 0.3) is 0 Å². The molecule has 9 heteroatoms. The first-order valence-corrected chi connectivity index (χ1v) is 11.5. The van der Waals surface area contributed by atoms with E-state index in [1.54, 1.807) is 32.7 Å². The molecular weight excluding hydrogens is 444 g/mol. The summed E-state index contributed by atoms with van der Waals surface area (Å²) >= 11 is 0.